The maximum absolute atomic E-state index is 6.37. The lowest BCUT2D eigenvalue weighted by Crippen LogP contribution is -2.65. The van der Waals surface area contributed by atoms with E-state index in [2.05, 4.69) is 50.7 Å². The van der Waals surface area contributed by atoms with Crippen molar-refractivity contribution < 1.29 is 14.0 Å². The van der Waals surface area contributed by atoms with Crippen LogP contribution in [-0.4, -0.2) is 24.5 Å². The number of ether oxygens (including phenoxy) is 2. The van der Waals surface area contributed by atoms with Gasteiger partial charge in [0.1, 0.15) is 32.0 Å². The highest BCUT2D eigenvalue weighted by atomic mass is 16.5. The second-order valence-corrected chi connectivity index (χ2v) is 12.4. The molecular formula is C23H39BN2O2. The summed E-state index contributed by atoms with van der Waals surface area (Å²) in [5, 5.41) is 0. The zero-order chi connectivity index (χ0) is 19.8. The molecule has 2 atom stereocenters. The van der Waals surface area contributed by atoms with Crippen molar-refractivity contribution in [1.82, 2.24) is 4.57 Å². The molecule has 0 amide bonds. The zero-order valence-corrected chi connectivity index (χ0v) is 18.9. The molecule has 0 radical (unpaired) electrons. The molecule has 0 unspecified atom stereocenters. The maximum Gasteiger partial charge on any atom is 0.370 e. The molecule has 0 aliphatic carbocycles. The zero-order valence-electron chi connectivity index (χ0n) is 18.9. The van der Waals surface area contributed by atoms with Gasteiger partial charge in [-0.25, -0.2) is 9.13 Å². The Balaban J connectivity index is 1.72. The van der Waals surface area contributed by atoms with Crippen molar-refractivity contribution in [3.63, 3.8) is 0 Å². The molecule has 4 nitrogen and oxygen atoms in total. The Morgan fingerprint density at radius 1 is 0.857 bits per heavy atom. The Hall–Kier alpha value is -1.13. The number of hydrogen-bond acceptors (Lipinski definition) is 2. The summed E-state index contributed by atoms with van der Waals surface area (Å²) in [6, 6.07) is 0.824. The number of fused-ring (bicyclic) bond motifs is 5. The summed E-state index contributed by atoms with van der Waals surface area (Å²) in [6.45, 7) is 15.4. The van der Waals surface area contributed by atoms with Crippen LogP contribution in [0.2, 0.25) is 11.6 Å². The van der Waals surface area contributed by atoms with Gasteiger partial charge in [0.05, 0.1) is 5.72 Å². The quantitative estimate of drug-likeness (QED) is 0.532. The van der Waals surface area contributed by atoms with Crippen molar-refractivity contribution in [3.05, 3.63) is 0 Å². The summed E-state index contributed by atoms with van der Waals surface area (Å²) in [6.07, 6.45) is 8.64. The molecule has 1 aromatic rings. The van der Waals surface area contributed by atoms with Crippen LogP contribution in [0.1, 0.15) is 92.2 Å². The van der Waals surface area contributed by atoms with Gasteiger partial charge in [-0.2, -0.15) is 11.6 Å². The average molecular weight is 386 g/mol. The molecule has 5 rings (SSSR count). The maximum atomic E-state index is 6.37. The fourth-order valence-corrected chi connectivity index (χ4v) is 7.14. The van der Waals surface area contributed by atoms with Crippen LogP contribution in [-0.2, 0) is 0 Å². The lowest BCUT2D eigenvalue weighted by atomic mass is 9.26. The van der Waals surface area contributed by atoms with Crippen LogP contribution < -0.4 is 19.8 Å². The van der Waals surface area contributed by atoms with E-state index in [1.165, 1.54) is 38.5 Å². The first kappa shape index (κ1) is 18.9. The van der Waals surface area contributed by atoms with E-state index in [-0.39, 0.29) is 10.8 Å². The molecule has 1 aromatic heterocycles. The van der Waals surface area contributed by atoms with Crippen LogP contribution >= 0.6 is 0 Å². The SMILES string of the molecule is CC(C)(C)[C@H]1COc2c3[n+](c([BH-]4C5CCCC4CCC5)n21)[C@@H](C(C)(C)C)CO3. The first-order chi connectivity index (χ1) is 13.2. The van der Waals surface area contributed by atoms with E-state index < -0.39 is 6.71 Å². The topological polar surface area (TPSA) is 27.3 Å². The Bertz CT molecular complexity index is 704. The third kappa shape index (κ3) is 2.67. The summed E-state index contributed by atoms with van der Waals surface area (Å²) in [5.74, 6) is 3.92. The van der Waals surface area contributed by atoms with Gasteiger partial charge in [-0.1, -0.05) is 80.1 Å². The average Bonchev–Trinajstić information content (AvgIpc) is 3.22. The van der Waals surface area contributed by atoms with Crippen molar-refractivity contribution in [2.75, 3.05) is 13.2 Å². The summed E-state index contributed by atoms with van der Waals surface area (Å²) >= 11 is 0. The van der Waals surface area contributed by atoms with E-state index in [1.807, 2.05) is 0 Å². The molecule has 4 aliphatic heterocycles. The lowest BCUT2D eigenvalue weighted by molar-refractivity contribution is -0.701. The summed E-state index contributed by atoms with van der Waals surface area (Å²) in [5.41, 5.74) is 2.01. The first-order valence-electron chi connectivity index (χ1n) is 11.8. The molecule has 4 aliphatic rings. The molecule has 28 heavy (non-hydrogen) atoms. The van der Waals surface area contributed by atoms with Crippen LogP contribution in [0.4, 0.5) is 0 Å². The largest absolute Gasteiger partial charge is 0.452 e. The summed E-state index contributed by atoms with van der Waals surface area (Å²) < 4.78 is 18.0. The molecule has 0 spiro atoms. The number of aromatic nitrogens is 2. The Morgan fingerprint density at radius 2 is 1.46 bits per heavy atom. The van der Waals surface area contributed by atoms with Crippen molar-refractivity contribution in [2.24, 2.45) is 10.8 Å². The fraction of sp³-hybridized carbons (Fsp3) is 0.870. The van der Waals surface area contributed by atoms with Crippen LogP contribution in [0.5, 0.6) is 11.8 Å². The standard InChI is InChI=1S/C23H39BN2O2/c1-22(2,3)17-13-27-19-20-26(18(14-28-20)23(4,5)6)21(25(17)19)24-15-9-7-10-16(24)12-8-11-15/h15-18,24H,7-14H2,1-6H3/t15?,16?,17-,18-,24?/m1/s1. The van der Waals surface area contributed by atoms with Gasteiger partial charge in [0.2, 0.25) is 0 Å². The molecule has 156 valence electrons. The van der Waals surface area contributed by atoms with Gasteiger partial charge in [0.15, 0.2) is 0 Å². The molecule has 2 fully saturated rings. The molecule has 5 heteroatoms. The highest BCUT2D eigenvalue weighted by Crippen LogP contribution is 2.50. The van der Waals surface area contributed by atoms with E-state index in [4.69, 9.17) is 9.47 Å². The lowest BCUT2D eigenvalue weighted by Gasteiger charge is -2.47. The molecule has 0 N–H and O–H groups in total. The fourth-order valence-electron chi connectivity index (χ4n) is 7.14. The van der Waals surface area contributed by atoms with Crippen LogP contribution in [0.3, 0.4) is 0 Å². The molecular weight excluding hydrogens is 347 g/mol. The minimum atomic E-state index is -0.392. The van der Waals surface area contributed by atoms with E-state index in [1.54, 1.807) is 5.72 Å². The second kappa shape index (κ2) is 6.19. The smallest absolute Gasteiger partial charge is 0.370 e. The summed E-state index contributed by atoms with van der Waals surface area (Å²) in [7, 11) is 0. The Labute approximate surface area is 171 Å². The summed E-state index contributed by atoms with van der Waals surface area (Å²) in [4.78, 5) is 0. The Morgan fingerprint density at radius 3 is 2.00 bits per heavy atom. The second-order valence-electron chi connectivity index (χ2n) is 12.4. The van der Waals surface area contributed by atoms with E-state index in [0.29, 0.717) is 12.1 Å². The predicted octanol–water partition coefficient (Wildman–Crippen LogP) is 4.28. The van der Waals surface area contributed by atoms with Gasteiger partial charge in [0, 0.05) is 10.8 Å². The molecule has 0 saturated carbocycles. The minimum absolute atomic E-state index is 0.188. The van der Waals surface area contributed by atoms with Gasteiger partial charge in [-0.05, 0) is 0 Å². The molecule has 0 aromatic carbocycles. The van der Waals surface area contributed by atoms with Crippen molar-refractivity contribution >= 4 is 12.4 Å². The predicted molar refractivity (Wildman–Crippen MR) is 115 cm³/mol. The highest BCUT2D eigenvalue weighted by molar-refractivity contribution is 6.74. The first-order valence-corrected chi connectivity index (χ1v) is 11.8. The van der Waals surface area contributed by atoms with Crippen LogP contribution in [0.25, 0.3) is 0 Å². The normalized spacial score (nSPS) is 34.6. The van der Waals surface area contributed by atoms with Crippen LogP contribution in [0, 0.1) is 10.8 Å². The highest BCUT2D eigenvalue weighted by Gasteiger charge is 2.54. The van der Waals surface area contributed by atoms with Gasteiger partial charge < -0.3 is 9.47 Å². The van der Waals surface area contributed by atoms with Crippen molar-refractivity contribution in [3.8, 4) is 11.8 Å². The third-order valence-corrected chi connectivity index (χ3v) is 8.61. The van der Waals surface area contributed by atoms with Gasteiger partial charge >= 0.3 is 11.8 Å². The number of imidazole rings is 1. The molecule has 5 heterocycles. The van der Waals surface area contributed by atoms with Crippen LogP contribution in [0.15, 0.2) is 0 Å². The van der Waals surface area contributed by atoms with Crippen molar-refractivity contribution in [1.29, 1.82) is 0 Å². The minimum Gasteiger partial charge on any atom is -0.452 e. The van der Waals surface area contributed by atoms with E-state index in [9.17, 15) is 0 Å². The van der Waals surface area contributed by atoms with Gasteiger partial charge in [-0.15, -0.1) is 0 Å². The number of hydrogen-bond donors (Lipinski definition) is 0. The van der Waals surface area contributed by atoms with Crippen molar-refractivity contribution in [2.45, 2.75) is 104 Å². The number of nitrogens with zero attached hydrogens (tertiary/aromatic N) is 2. The van der Waals surface area contributed by atoms with Gasteiger partial charge in [0.25, 0.3) is 0 Å². The Kier molecular flexibility index (Phi) is 4.17. The van der Waals surface area contributed by atoms with E-state index >= 15 is 0 Å². The van der Waals surface area contributed by atoms with Gasteiger partial charge in [-0.3, -0.25) is 0 Å². The van der Waals surface area contributed by atoms with E-state index in [0.717, 1.165) is 36.6 Å². The monoisotopic (exact) mass is 386 g/mol. The number of rotatable bonds is 1. The molecule has 2 bridgehead atoms. The third-order valence-electron chi connectivity index (χ3n) is 8.61. The molecule has 2 saturated heterocycles.